The van der Waals surface area contributed by atoms with Gasteiger partial charge in [-0.25, -0.2) is 4.99 Å². The van der Waals surface area contributed by atoms with Crippen LogP contribution in [0, 0.1) is 6.92 Å². The Morgan fingerprint density at radius 3 is 2.44 bits per heavy atom. The second-order valence-corrected chi connectivity index (χ2v) is 8.32. The summed E-state index contributed by atoms with van der Waals surface area (Å²) in [4.78, 5) is 9.54. The first kappa shape index (κ1) is 26.5. The van der Waals surface area contributed by atoms with Crippen molar-refractivity contribution in [3.8, 4) is 0 Å². The fourth-order valence-electron chi connectivity index (χ4n) is 3.75. The standard InChI is InChI=1S/C24H37N5O2.HI/c1-4-25-23(27-19-24(3,30)22-12-11-20(2)31-22)26-13-8-14-28-15-17-29(18-16-28)21-9-6-5-7-10-21;/h5-7,9-12,30H,4,8,13-19H2,1-3H3,(H2,25,26,27);1H. The molecule has 1 saturated heterocycles. The number of nitrogens with zero attached hydrogens (tertiary/aromatic N) is 3. The molecule has 1 aromatic carbocycles. The first-order valence-electron chi connectivity index (χ1n) is 11.3. The Balaban J connectivity index is 0.00000363. The number of aryl methyl sites for hydroxylation is 1. The molecule has 1 fully saturated rings. The molecular formula is C24H38IN5O2. The van der Waals surface area contributed by atoms with E-state index in [1.54, 1.807) is 6.92 Å². The van der Waals surface area contributed by atoms with Gasteiger partial charge in [-0.15, -0.1) is 24.0 Å². The minimum atomic E-state index is -1.13. The topological polar surface area (TPSA) is 76.3 Å². The number of rotatable bonds is 9. The predicted molar refractivity (Wildman–Crippen MR) is 142 cm³/mol. The van der Waals surface area contributed by atoms with Crippen LogP contribution in [0.4, 0.5) is 5.69 Å². The fourth-order valence-corrected chi connectivity index (χ4v) is 3.75. The second kappa shape index (κ2) is 13.1. The van der Waals surface area contributed by atoms with E-state index in [-0.39, 0.29) is 30.5 Å². The van der Waals surface area contributed by atoms with Crippen molar-refractivity contribution in [3.05, 3.63) is 54.0 Å². The van der Waals surface area contributed by atoms with E-state index < -0.39 is 5.60 Å². The van der Waals surface area contributed by atoms with E-state index in [0.29, 0.717) is 5.76 Å². The minimum Gasteiger partial charge on any atom is -0.463 e. The molecule has 1 unspecified atom stereocenters. The third kappa shape index (κ3) is 7.97. The van der Waals surface area contributed by atoms with Gasteiger partial charge in [0, 0.05) is 45.0 Å². The number of benzene rings is 1. The maximum atomic E-state index is 10.7. The lowest BCUT2D eigenvalue weighted by Crippen LogP contribution is -2.47. The second-order valence-electron chi connectivity index (χ2n) is 8.32. The third-order valence-corrected chi connectivity index (χ3v) is 5.60. The van der Waals surface area contributed by atoms with Gasteiger partial charge in [0.25, 0.3) is 0 Å². The molecule has 1 atom stereocenters. The highest BCUT2D eigenvalue weighted by atomic mass is 127. The van der Waals surface area contributed by atoms with Gasteiger partial charge in [0.1, 0.15) is 17.1 Å². The van der Waals surface area contributed by atoms with Gasteiger partial charge in [0.05, 0.1) is 6.54 Å². The number of anilines is 1. The average molecular weight is 556 g/mol. The highest BCUT2D eigenvalue weighted by Crippen LogP contribution is 2.23. The molecule has 1 aliphatic heterocycles. The molecule has 2 heterocycles. The van der Waals surface area contributed by atoms with Crippen molar-refractivity contribution >= 4 is 35.6 Å². The Kier molecular flexibility index (Phi) is 10.8. The Morgan fingerprint density at radius 1 is 1.09 bits per heavy atom. The zero-order valence-corrected chi connectivity index (χ0v) is 21.8. The number of aliphatic hydroxyl groups is 1. The number of hydrogen-bond acceptors (Lipinski definition) is 5. The molecule has 1 aliphatic rings. The number of halogens is 1. The van der Waals surface area contributed by atoms with Crippen LogP contribution < -0.4 is 15.5 Å². The Bertz CT molecular complexity index is 817. The number of piperazine rings is 1. The van der Waals surface area contributed by atoms with Crippen LogP contribution in [0.15, 0.2) is 51.9 Å². The lowest BCUT2D eigenvalue weighted by molar-refractivity contribution is 0.0428. The molecule has 0 saturated carbocycles. The van der Waals surface area contributed by atoms with Crippen LogP contribution in [0.3, 0.4) is 0 Å². The highest BCUT2D eigenvalue weighted by Gasteiger charge is 2.26. The van der Waals surface area contributed by atoms with Crippen LogP contribution in [0.1, 0.15) is 31.8 Å². The van der Waals surface area contributed by atoms with Gasteiger partial charge in [-0.2, -0.15) is 0 Å². The van der Waals surface area contributed by atoms with E-state index in [4.69, 9.17) is 4.42 Å². The van der Waals surface area contributed by atoms with Crippen molar-refractivity contribution in [3.63, 3.8) is 0 Å². The number of nitrogens with one attached hydrogen (secondary N) is 2. The largest absolute Gasteiger partial charge is 0.463 e. The van der Waals surface area contributed by atoms with Gasteiger partial charge in [0.2, 0.25) is 0 Å². The van der Waals surface area contributed by atoms with Gasteiger partial charge >= 0.3 is 0 Å². The molecule has 0 spiro atoms. The minimum absolute atomic E-state index is 0. The fraction of sp³-hybridized carbons (Fsp3) is 0.542. The van der Waals surface area contributed by atoms with E-state index in [2.05, 4.69) is 55.8 Å². The van der Waals surface area contributed by atoms with E-state index in [1.807, 2.05) is 26.0 Å². The summed E-state index contributed by atoms with van der Waals surface area (Å²) in [7, 11) is 0. The van der Waals surface area contributed by atoms with Crippen LogP contribution in [-0.4, -0.2) is 68.3 Å². The van der Waals surface area contributed by atoms with Crippen molar-refractivity contribution in [2.45, 2.75) is 32.8 Å². The number of aliphatic imine (C=N–C) groups is 1. The Morgan fingerprint density at radius 2 is 1.81 bits per heavy atom. The third-order valence-electron chi connectivity index (χ3n) is 5.60. The van der Waals surface area contributed by atoms with Gasteiger partial charge in [-0.3, -0.25) is 4.90 Å². The molecule has 0 amide bonds. The molecule has 7 nitrogen and oxygen atoms in total. The lowest BCUT2D eigenvalue weighted by atomic mass is 10.0. The molecule has 3 N–H and O–H groups in total. The maximum absolute atomic E-state index is 10.7. The van der Waals surface area contributed by atoms with Crippen molar-refractivity contribution in [1.29, 1.82) is 0 Å². The van der Waals surface area contributed by atoms with Crippen LogP contribution in [-0.2, 0) is 5.60 Å². The molecule has 0 radical (unpaired) electrons. The van der Waals surface area contributed by atoms with E-state index in [1.165, 1.54) is 5.69 Å². The number of furan rings is 1. The van der Waals surface area contributed by atoms with Gasteiger partial charge < -0.3 is 25.1 Å². The summed E-state index contributed by atoms with van der Waals surface area (Å²) < 4.78 is 5.57. The SMILES string of the molecule is CCNC(=NCC(C)(O)c1ccc(C)o1)NCCCN1CCN(c2ccccc2)CC1.I. The van der Waals surface area contributed by atoms with Crippen molar-refractivity contribution in [2.75, 3.05) is 57.3 Å². The average Bonchev–Trinajstić information content (AvgIpc) is 3.23. The molecule has 1 aromatic heterocycles. The molecular weight excluding hydrogens is 517 g/mol. The molecule has 0 bridgehead atoms. The maximum Gasteiger partial charge on any atom is 0.191 e. The van der Waals surface area contributed by atoms with Gasteiger partial charge in [-0.1, -0.05) is 18.2 Å². The summed E-state index contributed by atoms with van der Waals surface area (Å²) in [6.07, 6.45) is 1.05. The number of para-hydroxylation sites is 1. The van der Waals surface area contributed by atoms with Crippen molar-refractivity contribution in [1.82, 2.24) is 15.5 Å². The molecule has 32 heavy (non-hydrogen) atoms. The van der Waals surface area contributed by atoms with Gasteiger partial charge in [-0.05, 0) is 58.0 Å². The summed E-state index contributed by atoms with van der Waals surface area (Å²) in [5.41, 5.74) is 0.186. The van der Waals surface area contributed by atoms with Crippen molar-refractivity contribution < 1.29 is 9.52 Å². The Hall–Kier alpha value is -1.78. The highest BCUT2D eigenvalue weighted by molar-refractivity contribution is 14.0. The lowest BCUT2D eigenvalue weighted by Gasteiger charge is -2.36. The summed E-state index contributed by atoms with van der Waals surface area (Å²) in [6, 6.07) is 14.3. The molecule has 8 heteroatoms. The summed E-state index contributed by atoms with van der Waals surface area (Å²) >= 11 is 0. The molecule has 0 aliphatic carbocycles. The summed E-state index contributed by atoms with van der Waals surface area (Å²) in [5, 5.41) is 17.3. The van der Waals surface area contributed by atoms with E-state index in [0.717, 1.165) is 64.0 Å². The zero-order valence-electron chi connectivity index (χ0n) is 19.5. The smallest absolute Gasteiger partial charge is 0.191 e. The first-order valence-corrected chi connectivity index (χ1v) is 11.3. The normalized spacial score (nSPS) is 16.9. The van der Waals surface area contributed by atoms with Crippen molar-refractivity contribution in [2.24, 2.45) is 4.99 Å². The van der Waals surface area contributed by atoms with Crippen LogP contribution in [0.5, 0.6) is 0 Å². The van der Waals surface area contributed by atoms with Gasteiger partial charge in [0.15, 0.2) is 5.96 Å². The monoisotopic (exact) mass is 555 g/mol. The molecule has 3 rings (SSSR count). The number of guanidine groups is 1. The zero-order chi connectivity index (χ0) is 22.1. The summed E-state index contributed by atoms with van der Waals surface area (Å²) in [5.74, 6) is 2.05. The first-order chi connectivity index (χ1) is 15.0. The number of hydrogen-bond donors (Lipinski definition) is 3. The molecule has 178 valence electrons. The van der Waals surface area contributed by atoms with E-state index in [9.17, 15) is 5.11 Å². The summed E-state index contributed by atoms with van der Waals surface area (Å²) in [6.45, 7) is 12.9. The van der Waals surface area contributed by atoms with E-state index >= 15 is 0 Å². The quantitative estimate of drug-likeness (QED) is 0.191. The Labute approximate surface area is 209 Å². The molecule has 2 aromatic rings. The van der Waals surface area contributed by atoms with Crippen LogP contribution in [0.25, 0.3) is 0 Å². The van der Waals surface area contributed by atoms with Crippen LogP contribution >= 0.6 is 24.0 Å². The van der Waals surface area contributed by atoms with Crippen LogP contribution in [0.2, 0.25) is 0 Å². The predicted octanol–water partition coefficient (Wildman–Crippen LogP) is 3.18.